The lowest BCUT2D eigenvalue weighted by Gasteiger charge is -1.97. The van der Waals surface area contributed by atoms with E-state index in [1.54, 1.807) is 34.0 Å². The predicted octanol–water partition coefficient (Wildman–Crippen LogP) is 4.46. The quantitative estimate of drug-likeness (QED) is 0.523. The van der Waals surface area contributed by atoms with Gasteiger partial charge >= 0.3 is 0 Å². The summed E-state index contributed by atoms with van der Waals surface area (Å²) in [6.07, 6.45) is 3.59. The van der Waals surface area contributed by atoms with E-state index in [9.17, 15) is 0 Å². The fraction of sp³-hybridized carbons (Fsp3) is 0. The lowest BCUT2D eigenvalue weighted by atomic mass is 10.4. The fourth-order valence-corrected chi connectivity index (χ4v) is 3.30. The predicted molar refractivity (Wildman–Crippen MR) is 96.0 cm³/mol. The molecule has 0 fully saturated rings. The van der Waals surface area contributed by atoms with E-state index in [4.69, 9.17) is 0 Å². The van der Waals surface area contributed by atoms with Crippen molar-refractivity contribution in [2.45, 2.75) is 10.1 Å². The van der Waals surface area contributed by atoms with Crippen molar-refractivity contribution in [2.24, 2.45) is 0 Å². The van der Waals surface area contributed by atoms with Crippen LogP contribution in [-0.4, -0.2) is 9.97 Å². The molecule has 2 heterocycles. The van der Waals surface area contributed by atoms with Crippen LogP contribution in [0.15, 0.2) is 89.2 Å². The summed E-state index contributed by atoms with van der Waals surface area (Å²) in [5.41, 5.74) is 0. The highest BCUT2D eigenvalue weighted by Gasteiger charge is 1.97. The molecular formula is C16H15N2PS2. The molecule has 21 heavy (non-hydrogen) atoms. The zero-order valence-corrected chi connectivity index (χ0v) is 14.1. The molecule has 1 aromatic carbocycles. The number of rotatable bonds is 3. The Labute approximate surface area is 135 Å². The molecule has 0 bridgehead atoms. The smallest absolute Gasteiger partial charge is 0.107 e. The first-order valence-corrected chi connectivity index (χ1v) is 9.04. The fourth-order valence-electron chi connectivity index (χ4n) is 1.33. The van der Waals surface area contributed by atoms with Gasteiger partial charge in [-0.25, -0.2) is 9.97 Å². The second-order valence-electron chi connectivity index (χ2n) is 3.91. The van der Waals surface area contributed by atoms with E-state index in [0.717, 1.165) is 10.1 Å². The molecule has 0 saturated carbocycles. The van der Waals surface area contributed by atoms with Crippen molar-refractivity contribution >= 4 is 36.1 Å². The minimum atomic E-state index is 1.00. The van der Waals surface area contributed by atoms with E-state index in [1.807, 2.05) is 66.7 Å². The third-order valence-electron chi connectivity index (χ3n) is 2.29. The average Bonchev–Trinajstić information content (AvgIpc) is 2.56. The van der Waals surface area contributed by atoms with Gasteiger partial charge in [-0.15, -0.1) is 9.24 Å². The molecule has 0 aliphatic carbocycles. The summed E-state index contributed by atoms with van der Waals surface area (Å²) in [6, 6.07) is 21.9. The largest absolute Gasteiger partial charge is 0.249 e. The van der Waals surface area contributed by atoms with E-state index in [0.29, 0.717) is 0 Å². The number of aromatic nitrogens is 2. The van der Waals surface area contributed by atoms with Crippen molar-refractivity contribution in [3.05, 3.63) is 79.1 Å². The first-order valence-electron chi connectivity index (χ1n) is 6.32. The first kappa shape index (κ1) is 16.0. The number of hydrogen-bond donors (Lipinski definition) is 0. The van der Waals surface area contributed by atoms with Crippen molar-refractivity contribution in [3.63, 3.8) is 0 Å². The zero-order chi connectivity index (χ0) is 14.8. The van der Waals surface area contributed by atoms with Gasteiger partial charge in [-0.1, -0.05) is 42.5 Å². The van der Waals surface area contributed by atoms with Gasteiger partial charge in [0.25, 0.3) is 0 Å². The van der Waals surface area contributed by atoms with Crippen LogP contribution in [0.1, 0.15) is 0 Å². The first-order chi connectivity index (χ1) is 10.3. The normalized spacial score (nSPS) is 9.57. The maximum absolute atomic E-state index is 4.21. The molecule has 0 radical (unpaired) electrons. The van der Waals surface area contributed by atoms with E-state index in [1.165, 1.54) is 5.30 Å². The Morgan fingerprint density at radius 2 is 1.10 bits per heavy atom. The molecule has 1 unspecified atom stereocenters. The van der Waals surface area contributed by atoms with Crippen molar-refractivity contribution in [1.82, 2.24) is 9.97 Å². The highest BCUT2D eigenvalue weighted by molar-refractivity contribution is 8.76. The number of hydrogen-bond acceptors (Lipinski definition) is 4. The van der Waals surface area contributed by atoms with Crippen LogP contribution in [0.2, 0.25) is 0 Å². The molecule has 2 aromatic heterocycles. The van der Waals surface area contributed by atoms with Crippen molar-refractivity contribution in [2.75, 3.05) is 0 Å². The topological polar surface area (TPSA) is 25.8 Å². The Kier molecular flexibility index (Phi) is 7.30. The van der Waals surface area contributed by atoms with Gasteiger partial charge in [0, 0.05) is 12.4 Å². The minimum absolute atomic E-state index is 1.00. The van der Waals surface area contributed by atoms with E-state index in [2.05, 4.69) is 19.2 Å². The summed E-state index contributed by atoms with van der Waals surface area (Å²) in [6.45, 7) is 0. The average molecular weight is 330 g/mol. The third kappa shape index (κ3) is 6.76. The molecule has 2 nitrogen and oxygen atoms in total. The lowest BCUT2D eigenvalue weighted by molar-refractivity contribution is 1.13. The number of benzene rings is 1. The van der Waals surface area contributed by atoms with Crippen LogP contribution in [-0.2, 0) is 0 Å². The molecule has 0 aliphatic rings. The summed E-state index contributed by atoms with van der Waals surface area (Å²) in [5, 5.41) is 3.24. The van der Waals surface area contributed by atoms with Crippen LogP contribution in [0.3, 0.4) is 0 Å². The van der Waals surface area contributed by atoms with E-state index in [-0.39, 0.29) is 0 Å². The molecule has 5 heteroatoms. The van der Waals surface area contributed by atoms with Gasteiger partial charge in [0.1, 0.15) is 10.1 Å². The maximum Gasteiger partial charge on any atom is 0.107 e. The van der Waals surface area contributed by atoms with E-state index >= 15 is 0 Å². The highest BCUT2D eigenvalue weighted by atomic mass is 33.1. The van der Waals surface area contributed by atoms with Crippen LogP contribution in [0.5, 0.6) is 0 Å². The molecular weight excluding hydrogens is 315 g/mol. The van der Waals surface area contributed by atoms with Gasteiger partial charge in [-0.3, -0.25) is 0 Å². The third-order valence-corrected chi connectivity index (χ3v) is 4.85. The van der Waals surface area contributed by atoms with Crippen molar-refractivity contribution < 1.29 is 0 Å². The van der Waals surface area contributed by atoms with Gasteiger partial charge in [0.2, 0.25) is 0 Å². The van der Waals surface area contributed by atoms with Crippen LogP contribution in [0, 0.1) is 0 Å². The highest BCUT2D eigenvalue weighted by Crippen LogP contribution is 2.34. The van der Waals surface area contributed by atoms with Gasteiger partial charge in [0.15, 0.2) is 0 Å². The molecule has 0 saturated heterocycles. The van der Waals surface area contributed by atoms with Crippen molar-refractivity contribution in [3.8, 4) is 0 Å². The molecule has 0 amide bonds. The van der Waals surface area contributed by atoms with Gasteiger partial charge in [-0.05, 0) is 51.2 Å². The van der Waals surface area contributed by atoms with Gasteiger partial charge in [0.05, 0.1) is 0 Å². The minimum Gasteiger partial charge on any atom is -0.249 e. The van der Waals surface area contributed by atoms with Crippen LogP contribution in [0.25, 0.3) is 0 Å². The molecule has 3 aromatic rings. The Morgan fingerprint density at radius 1 is 0.619 bits per heavy atom. The lowest BCUT2D eigenvalue weighted by Crippen LogP contribution is -1.82. The zero-order valence-electron chi connectivity index (χ0n) is 11.3. The molecule has 0 aliphatic heterocycles. The second-order valence-corrected chi connectivity index (χ2v) is 6.75. The SMILES string of the molecule is Pc1ccccc1.c1ccc(SSc2ccccn2)nc1. The van der Waals surface area contributed by atoms with Gasteiger partial charge in [-0.2, -0.15) is 0 Å². The number of pyridine rings is 2. The second kappa shape index (κ2) is 9.56. The number of nitrogens with zero attached hydrogens (tertiary/aromatic N) is 2. The van der Waals surface area contributed by atoms with Crippen LogP contribution < -0.4 is 5.30 Å². The summed E-state index contributed by atoms with van der Waals surface area (Å²) >= 11 is 0. The van der Waals surface area contributed by atoms with Crippen LogP contribution >= 0.6 is 30.8 Å². The monoisotopic (exact) mass is 330 g/mol. The molecule has 106 valence electrons. The Morgan fingerprint density at radius 3 is 1.43 bits per heavy atom. The summed E-state index contributed by atoms with van der Waals surface area (Å²) < 4.78 is 0. The van der Waals surface area contributed by atoms with Gasteiger partial charge < -0.3 is 0 Å². The van der Waals surface area contributed by atoms with Crippen LogP contribution in [0.4, 0.5) is 0 Å². The van der Waals surface area contributed by atoms with Crippen molar-refractivity contribution in [1.29, 1.82) is 0 Å². The summed E-state index contributed by atoms with van der Waals surface area (Å²) in [5.74, 6) is 0. The molecule has 0 spiro atoms. The maximum atomic E-state index is 4.21. The Bertz CT molecular complexity index is 582. The standard InChI is InChI=1S/C10H8N2S2.C6H7P/c1-3-7-11-9(5-1)13-14-10-6-2-4-8-12-10;7-6-4-2-1-3-5-6/h1-8H;1-5H,7H2. The van der Waals surface area contributed by atoms with E-state index < -0.39 is 0 Å². The Hall–Kier alpha value is -1.35. The molecule has 1 atom stereocenters. The Balaban J connectivity index is 0.000000194. The molecule has 0 N–H and O–H groups in total. The summed E-state index contributed by atoms with van der Waals surface area (Å²) in [4.78, 5) is 8.42. The molecule has 3 rings (SSSR count). The summed E-state index contributed by atoms with van der Waals surface area (Å²) in [7, 11) is 5.86.